The van der Waals surface area contributed by atoms with Gasteiger partial charge in [0.15, 0.2) is 0 Å². The van der Waals surface area contributed by atoms with E-state index in [4.69, 9.17) is 15.6 Å². The maximum absolute atomic E-state index is 11.1. The molecule has 0 aromatic carbocycles. The standard InChI is InChI=1S/C14H23NO3/c1-4-5-11(8-10(2)3)18-12-6-7-14(15,9-12)13(16)17/h5,8,12H,4,6-7,9,15H2,1-3H3,(H,16,17). The van der Waals surface area contributed by atoms with Crippen molar-refractivity contribution in [2.24, 2.45) is 5.73 Å². The highest BCUT2D eigenvalue weighted by Gasteiger charge is 2.43. The van der Waals surface area contributed by atoms with Gasteiger partial charge in [-0.2, -0.15) is 0 Å². The SMILES string of the molecule is CCC=C(C=C(C)C)OC1CCC(N)(C(=O)O)C1. The fourth-order valence-corrected chi connectivity index (χ4v) is 2.14. The minimum atomic E-state index is -1.12. The summed E-state index contributed by atoms with van der Waals surface area (Å²) in [5, 5.41) is 9.07. The van der Waals surface area contributed by atoms with Crippen LogP contribution in [0.5, 0.6) is 0 Å². The average molecular weight is 253 g/mol. The Morgan fingerprint density at radius 2 is 2.22 bits per heavy atom. The average Bonchev–Trinajstić information content (AvgIpc) is 2.61. The van der Waals surface area contributed by atoms with Crippen LogP contribution in [-0.4, -0.2) is 22.7 Å². The summed E-state index contributed by atoms with van der Waals surface area (Å²) in [4.78, 5) is 11.1. The van der Waals surface area contributed by atoms with Crippen molar-refractivity contribution in [3.63, 3.8) is 0 Å². The van der Waals surface area contributed by atoms with Crippen LogP contribution in [0.2, 0.25) is 0 Å². The molecule has 2 unspecified atom stereocenters. The van der Waals surface area contributed by atoms with Gasteiger partial charge in [-0.3, -0.25) is 4.79 Å². The molecule has 0 amide bonds. The van der Waals surface area contributed by atoms with E-state index in [9.17, 15) is 4.79 Å². The molecule has 0 radical (unpaired) electrons. The monoisotopic (exact) mass is 253 g/mol. The Kier molecular flexibility index (Phi) is 4.96. The summed E-state index contributed by atoms with van der Waals surface area (Å²) in [6.07, 6.45) is 6.31. The second kappa shape index (κ2) is 6.05. The predicted octanol–water partition coefficient (Wildman–Crippen LogP) is 2.60. The highest BCUT2D eigenvalue weighted by Crippen LogP contribution is 2.31. The van der Waals surface area contributed by atoms with Gasteiger partial charge in [-0.1, -0.05) is 12.5 Å². The van der Waals surface area contributed by atoms with Crippen molar-refractivity contribution in [2.45, 2.75) is 58.1 Å². The Balaban J connectivity index is 2.66. The summed E-state index contributed by atoms with van der Waals surface area (Å²) < 4.78 is 5.85. The number of carboxylic acid groups (broad SMARTS) is 1. The van der Waals surface area contributed by atoms with E-state index in [1.165, 1.54) is 0 Å². The number of carboxylic acids is 1. The first-order valence-corrected chi connectivity index (χ1v) is 6.41. The van der Waals surface area contributed by atoms with Crippen LogP contribution in [0.1, 0.15) is 46.5 Å². The van der Waals surface area contributed by atoms with Gasteiger partial charge in [0.1, 0.15) is 17.4 Å². The first kappa shape index (κ1) is 14.8. The number of rotatable bonds is 5. The maximum atomic E-state index is 11.1. The molecular weight excluding hydrogens is 230 g/mol. The Bertz CT molecular complexity index is 369. The van der Waals surface area contributed by atoms with E-state index in [1.807, 2.05) is 32.9 Å². The van der Waals surface area contributed by atoms with E-state index in [0.29, 0.717) is 19.3 Å². The van der Waals surface area contributed by atoms with Crippen LogP contribution in [0.3, 0.4) is 0 Å². The number of hydrogen-bond acceptors (Lipinski definition) is 3. The van der Waals surface area contributed by atoms with Crippen LogP contribution < -0.4 is 5.73 Å². The van der Waals surface area contributed by atoms with Crippen LogP contribution >= 0.6 is 0 Å². The zero-order chi connectivity index (χ0) is 13.8. The summed E-state index contributed by atoms with van der Waals surface area (Å²) in [5.41, 5.74) is 5.87. The van der Waals surface area contributed by atoms with Gasteiger partial charge in [0.05, 0.1) is 0 Å². The van der Waals surface area contributed by atoms with Gasteiger partial charge in [-0.25, -0.2) is 0 Å². The molecule has 1 saturated carbocycles. The number of nitrogens with two attached hydrogens (primary N) is 1. The van der Waals surface area contributed by atoms with Gasteiger partial charge in [0.25, 0.3) is 0 Å². The quantitative estimate of drug-likeness (QED) is 0.583. The molecular formula is C14H23NO3. The molecule has 18 heavy (non-hydrogen) atoms. The van der Waals surface area contributed by atoms with E-state index in [2.05, 4.69) is 0 Å². The second-order valence-electron chi connectivity index (χ2n) is 5.18. The third-order valence-corrected chi connectivity index (χ3v) is 3.07. The van der Waals surface area contributed by atoms with Crippen molar-refractivity contribution < 1.29 is 14.6 Å². The smallest absolute Gasteiger partial charge is 0.323 e. The number of aliphatic carboxylic acids is 1. The van der Waals surface area contributed by atoms with Gasteiger partial charge >= 0.3 is 5.97 Å². The van der Waals surface area contributed by atoms with E-state index in [1.54, 1.807) is 0 Å². The fraction of sp³-hybridized carbons (Fsp3) is 0.643. The Morgan fingerprint density at radius 3 is 2.67 bits per heavy atom. The molecule has 4 nitrogen and oxygen atoms in total. The van der Waals surface area contributed by atoms with E-state index < -0.39 is 11.5 Å². The van der Waals surface area contributed by atoms with E-state index in [0.717, 1.165) is 17.8 Å². The lowest BCUT2D eigenvalue weighted by molar-refractivity contribution is -0.143. The van der Waals surface area contributed by atoms with Crippen molar-refractivity contribution in [1.82, 2.24) is 0 Å². The number of carbonyl (C=O) groups is 1. The van der Waals surface area contributed by atoms with Gasteiger partial charge in [0.2, 0.25) is 0 Å². The molecule has 102 valence electrons. The molecule has 0 bridgehead atoms. The highest BCUT2D eigenvalue weighted by molar-refractivity contribution is 5.78. The summed E-state index contributed by atoms with van der Waals surface area (Å²) >= 11 is 0. The second-order valence-corrected chi connectivity index (χ2v) is 5.18. The molecule has 1 fully saturated rings. The topological polar surface area (TPSA) is 72.5 Å². The van der Waals surface area contributed by atoms with Crippen molar-refractivity contribution in [3.05, 3.63) is 23.5 Å². The molecule has 0 aliphatic heterocycles. The largest absolute Gasteiger partial charge is 0.491 e. The molecule has 1 rings (SSSR count). The van der Waals surface area contributed by atoms with Crippen molar-refractivity contribution in [2.75, 3.05) is 0 Å². The number of hydrogen-bond donors (Lipinski definition) is 2. The minimum Gasteiger partial charge on any atom is -0.491 e. The predicted molar refractivity (Wildman–Crippen MR) is 71.1 cm³/mol. The lowest BCUT2D eigenvalue weighted by Crippen LogP contribution is -2.45. The molecule has 0 spiro atoms. The number of allylic oxidation sites excluding steroid dienone is 3. The Morgan fingerprint density at radius 1 is 1.56 bits per heavy atom. The van der Waals surface area contributed by atoms with Crippen LogP contribution in [-0.2, 0) is 9.53 Å². The van der Waals surface area contributed by atoms with Crippen molar-refractivity contribution in [1.29, 1.82) is 0 Å². The molecule has 1 aliphatic carbocycles. The molecule has 0 heterocycles. The van der Waals surface area contributed by atoms with Crippen molar-refractivity contribution in [3.8, 4) is 0 Å². The highest BCUT2D eigenvalue weighted by atomic mass is 16.5. The third kappa shape index (κ3) is 3.88. The Hall–Kier alpha value is -1.29. The molecule has 2 atom stereocenters. The van der Waals surface area contributed by atoms with Gasteiger partial charge in [0, 0.05) is 6.42 Å². The van der Waals surface area contributed by atoms with Gasteiger partial charge in [-0.05, 0) is 45.3 Å². The van der Waals surface area contributed by atoms with E-state index in [-0.39, 0.29) is 6.10 Å². The summed E-state index contributed by atoms with van der Waals surface area (Å²) in [7, 11) is 0. The van der Waals surface area contributed by atoms with Crippen LogP contribution in [0.4, 0.5) is 0 Å². The van der Waals surface area contributed by atoms with E-state index >= 15 is 0 Å². The van der Waals surface area contributed by atoms with Crippen LogP contribution in [0.25, 0.3) is 0 Å². The zero-order valence-electron chi connectivity index (χ0n) is 11.4. The molecule has 3 N–H and O–H groups in total. The van der Waals surface area contributed by atoms with Crippen molar-refractivity contribution >= 4 is 5.97 Å². The first-order valence-electron chi connectivity index (χ1n) is 6.41. The summed E-state index contributed by atoms with van der Waals surface area (Å²) in [6, 6.07) is 0. The van der Waals surface area contributed by atoms with Gasteiger partial charge in [-0.15, -0.1) is 0 Å². The lowest BCUT2D eigenvalue weighted by Gasteiger charge is -2.19. The normalized spacial score (nSPS) is 28.0. The summed E-state index contributed by atoms with van der Waals surface area (Å²) in [6.45, 7) is 6.05. The fourth-order valence-electron chi connectivity index (χ4n) is 2.14. The zero-order valence-corrected chi connectivity index (χ0v) is 11.4. The molecule has 4 heteroatoms. The summed E-state index contributed by atoms with van der Waals surface area (Å²) in [5.74, 6) is -0.117. The first-order chi connectivity index (χ1) is 8.37. The molecule has 1 aliphatic rings. The minimum absolute atomic E-state index is 0.0977. The number of ether oxygens (including phenoxy) is 1. The third-order valence-electron chi connectivity index (χ3n) is 3.07. The van der Waals surface area contributed by atoms with Crippen LogP contribution in [0, 0.1) is 0 Å². The molecule has 0 saturated heterocycles. The lowest BCUT2D eigenvalue weighted by atomic mass is 10.00. The Labute approximate surface area is 109 Å². The maximum Gasteiger partial charge on any atom is 0.323 e. The van der Waals surface area contributed by atoms with Crippen LogP contribution in [0.15, 0.2) is 23.5 Å². The molecule has 0 aromatic heterocycles. The molecule has 0 aromatic rings. The van der Waals surface area contributed by atoms with Gasteiger partial charge < -0.3 is 15.6 Å².